The van der Waals surface area contributed by atoms with Gasteiger partial charge < -0.3 is 5.32 Å². The third-order valence-corrected chi connectivity index (χ3v) is 4.10. The van der Waals surface area contributed by atoms with Gasteiger partial charge in [-0.15, -0.1) is 0 Å². The predicted octanol–water partition coefficient (Wildman–Crippen LogP) is 3.04. The van der Waals surface area contributed by atoms with Gasteiger partial charge in [-0.3, -0.25) is 0 Å². The highest BCUT2D eigenvalue weighted by Crippen LogP contribution is 2.24. The van der Waals surface area contributed by atoms with Crippen LogP contribution in [-0.4, -0.2) is 8.42 Å². The van der Waals surface area contributed by atoms with Crippen LogP contribution >= 0.6 is 0 Å². The van der Waals surface area contributed by atoms with Crippen LogP contribution in [0.25, 0.3) is 0 Å². The standard InChI is InChI=1S/C15H17FN2O2S/c1-2-15(11-6-8-12(16)9-7-11)18-13-4-3-5-14(10-13)21(17,19)20/h3-10,15,18H,2H2,1H3,(H2,17,19,20). The molecule has 0 fully saturated rings. The second-order valence-electron chi connectivity index (χ2n) is 4.73. The van der Waals surface area contributed by atoms with E-state index in [-0.39, 0.29) is 16.8 Å². The number of rotatable bonds is 5. The fraction of sp³-hybridized carbons (Fsp3) is 0.200. The Kier molecular flexibility index (Phi) is 4.59. The van der Waals surface area contributed by atoms with E-state index in [9.17, 15) is 12.8 Å². The van der Waals surface area contributed by atoms with E-state index in [0.29, 0.717) is 5.69 Å². The van der Waals surface area contributed by atoms with Gasteiger partial charge in [-0.25, -0.2) is 17.9 Å². The van der Waals surface area contributed by atoms with Gasteiger partial charge >= 0.3 is 0 Å². The van der Waals surface area contributed by atoms with E-state index in [1.165, 1.54) is 24.3 Å². The lowest BCUT2D eigenvalue weighted by Gasteiger charge is -2.19. The highest BCUT2D eigenvalue weighted by molar-refractivity contribution is 7.89. The van der Waals surface area contributed by atoms with Crippen molar-refractivity contribution in [1.29, 1.82) is 0 Å². The second-order valence-corrected chi connectivity index (χ2v) is 6.29. The van der Waals surface area contributed by atoms with Gasteiger partial charge in [0.05, 0.1) is 10.9 Å². The Bertz CT molecular complexity index is 715. The second kappa shape index (κ2) is 6.24. The number of benzene rings is 2. The quantitative estimate of drug-likeness (QED) is 0.891. The van der Waals surface area contributed by atoms with Crippen molar-refractivity contribution >= 4 is 15.7 Å². The molecule has 21 heavy (non-hydrogen) atoms. The topological polar surface area (TPSA) is 72.2 Å². The van der Waals surface area contributed by atoms with Crippen molar-refractivity contribution < 1.29 is 12.8 Å². The highest BCUT2D eigenvalue weighted by Gasteiger charge is 2.12. The maximum absolute atomic E-state index is 13.0. The molecule has 0 spiro atoms. The minimum Gasteiger partial charge on any atom is -0.378 e. The third kappa shape index (κ3) is 4.03. The average molecular weight is 308 g/mol. The molecule has 0 heterocycles. The molecule has 1 unspecified atom stereocenters. The zero-order valence-corrected chi connectivity index (χ0v) is 12.4. The maximum Gasteiger partial charge on any atom is 0.238 e. The molecule has 2 aromatic carbocycles. The number of anilines is 1. The van der Waals surface area contributed by atoms with E-state index in [4.69, 9.17) is 5.14 Å². The molecule has 0 bridgehead atoms. The summed E-state index contributed by atoms with van der Waals surface area (Å²) in [7, 11) is -3.73. The first-order valence-electron chi connectivity index (χ1n) is 6.55. The summed E-state index contributed by atoms with van der Waals surface area (Å²) in [6.45, 7) is 1.99. The van der Waals surface area contributed by atoms with Crippen LogP contribution in [0.1, 0.15) is 24.9 Å². The molecule has 0 aliphatic carbocycles. The third-order valence-electron chi connectivity index (χ3n) is 3.18. The van der Waals surface area contributed by atoms with Crippen LogP contribution in [0.5, 0.6) is 0 Å². The summed E-state index contributed by atoms with van der Waals surface area (Å²) in [5, 5.41) is 8.35. The summed E-state index contributed by atoms with van der Waals surface area (Å²) in [6.07, 6.45) is 0.769. The van der Waals surface area contributed by atoms with Crippen molar-refractivity contribution in [3.63, 3.8) is 0 Å². The molecule has 3 N–H and O–H groups in total. The highest BCUT2D eigenvalue weighted by atomic mass is 32.2. The lowest BCUT2D eigenvalue weighted by Crippen LogP contribution is -2.13. The monoisotopic (exact) mass is 308 g/mol. The molecule has 112 valence electrons. The van der Waals surface area contributed by atoms with Gasteiger partial charge in [0.15, 0.2) is 0 Å². The van der Waals surface area contributed by atoms with Gasteiger partial charge in [0, 0.05) is 5.69 Å². The van der Waals surface area contributed by atoms with Crippen molar-refractivity contribution in [3.05, 3.63) is 59.9 Å². The van der Waals surface area contributed by atoms with Crippen molar-refractivity contribution in [2.75, 3.05) is 5.32 Å². The normalized spacial score (nSPS) is 12.9. The number of hydrogen-bond donors (Lipinski definition) is 2. The number of primary sulfonamides is 1. The van der Waals surface area contributed by atoms with Crippen LogP contribution in [-0.2, 0) is 10.0 Å². The Morgan fingerprint density at radius 1 is 1.19 bits per heavy atom. The molecule has 2 aromatic rings. The largest absolute Gasteiger partial charge is 0.378 e. The van der Waals surface area contributed by atoms with Crippen molar-refractivity contribution in [3.8, 4) is 0 Å². The Morgan fingerprint density at radius 3 is 2.43 bits per heavy atom. The number of nitrogens with two attached hydrogens (primary N) is 1. The van der Waals surface area contributed by atoms with E-state index in [2.05, 4.69) is 5.32 Å². The Morgan fingerprint density at radius 2 is 1.86 bits per heavy atom. The molecule has 0 amide bonds. The van der Waals surface area contributed by atoms with Crippen molar-refractivity contribution in [1.82, 2.24) is 0 Å². The summed E-state index contributed by atoms with van der Waals surface area (Å²) in [5.74, 6) is -0.287. The van der Waals surface area contributed by atoms with Crippen LogP contribution in [0.2, 0.25) is 0 Å². The zero-order valence-electron chi connectivity index (χ0n) is 11.6. The van der Waals surface area contributed by atoms with Crippen LogP contribution < -0.4 is 10.5 Å². The molecule has 4 nitrogen and oxygen atoms in total. The van der Waals surface area contributed by atoms with E-state index in [0.717, 1.165) is 12.0 Å². The predicted molar refractivity (Wildman–Crippen MR) is 80.9 cm³/mol. The molecule has 0 radical (unpaired) electrons. The lowest BCUT2D eigenvalue weighted by atomic mass is 10.0. The first-order valence-corrected chi connectivity index (χ1v) is 8.09. The molecule has 0 saturated heterocycles. The molecular formula is C15H17FN2O2S. The van der Waals surface area contributed by atoms with Crippen molar-refractivity contribution in [2.24, 2.45) is 5.14 Å². The Labute approximate surface area is 123 Å². The number of hydrogen-bond acceptors (Lipinski definition) is 3. The molecule has 2 rings (SSSR count). The van der Waals surface area contributed by atoms with E-state index < -0.39 is 10.0 Å². The first-order chi connectivity index (χ1) is 9.90. The van der Waals surface area contributed by atoms with Gasteiger partial charge in [0.2, 0.25) is 10.0 Å². The van der Waals surface area contributed by atoms with Gasteiger partial charge in [-0.1, -0.05) is 25.1 Å². The van der Waals surface area contributed by atoms with E-state index in [1.807, 2.05) is 6.92 Å². The van der Waals surface area contributed by atoms with Gasteiger partial charge in [-0.2, -0.15) is 0 Å². The van der Waals surface area contributed by atoms with Gasteiger partial charge in [-0.05, 0) is 42.3 Å². The Balaban J connectivity index is 2.25. The molecule has 1 atom stereocenters. The summed E-state index contributed by atoms with van der Waals surface area (Å²) in [6, 6.07) is 12.5. The molecule has 0 saturated carbocycles. The maximum atomic E-state index is 13.0. The van der Waals surface area contributed by atoms with Gasteiger partial charge in [0.1, 0.15) is 5.82 Å². The Hall–Kier alpha value is -1.92. The van der Waals surface area contributed by atoms with Gasteiger partial charge in [0.25, 0.3) is 0 Å². The number of halogens is 1. The van der Waals surface area contributed by atoms with Crippen LogP contribution in [0.3, 0.4) is 0 Å². The average Bonchev–Trinajstić information content (AvgIpc) is 2.45. The number of nitrogens with one attached hydrogen (secondary N) is 1. The van der Waals surface area contributed by atoms with Crippen LogP contribution in [0.15, 0.2) is 53.4 Å². The minimum absolute atomic E-state index is 0.0404. The molecule has 0 aromatic heterocycles. The zero-order chi connectivity index (χ0) is 15.5. The SMILES string of the molecule is CCC(Nc1cccc(S(N)(=O)=O)c1)c1ccc(F)cc1. The summed E-state index contributed by atoms with van der Waals surface area (Å²) in [5.41, 5.74) is 1.58. The summed E-state index contributed by atoms with van der Waals surface area (Å²) >= 11 is 0. The molecule has 0 aliphatic rings. The molecular weight excluding hydrogens is 291 g/mol. The fourth-order valence-electron chi connectivity index (χ4n) is 2.08. The van der Waals surface area contributed by atoms with Crippen molar-refractivity contribution in [2.45, 2.75) is 24.3 Å². The van der Waals surface area contributed by atoms with E-state index >= 15 is 0 Å². The van der Waals surface area contributed by atoms with Crippen LogP contribution in [0.4, 0.5) is 10.1 Å². The molecule has 0 aliphatic heterocycles. The lowest BCUT2D eigenvalue weighted by molar-refractivity contribution is 0.597. The van der Waals surface area contributed by atoms with E-state index in [1.54, 1.807) is 24.3 Å². The first kappa shape index (κ1) is 15.5. The molecule has 6 heteroatoms. The smallest absolute Gasteiger partial charge is 0.238 e. The fourth-order valence-corrected chi connectivity index (χ4v) is 2.64. The minimum atomic E-state index is -3.73. The summed E-state index contributed by atoms with van der Waals surface area (Å²) < 4.78 is 35.7. The summed E-state index contributed by atoms with van der Waals surface area (Å²) in [4.78, 5) is 0.0569. The number of sulfonamides is 1. The van der Waals surface area contributed by atoms with Crippen LogP contribution in [0, 0.1) is 5.82 Å².